The Kier molecular flexibility index (Phi) is 2.38. The third kappa shape index (κ3) is 1.86. The molecule has 0 spiro atoms. The zero-order chi connectivity index (χ0) is 8.43. The summed E-state index contributed by atoms with van der Waals surface area (Å²) in [6, 6.07) is 4.36. The quantitative estimate of drug-likeness (QED) is 0.669. The van der Waals surface area contributed by atoms with E-state index in [-0.39, 0.29) is 1.43 Å². The van der Waals surface area contributed by atoms with E-state index >= 15 is 0 Å². The first-order chi connectivity index (χ1) is 5.11. The molecule has 0 unspecified atom stereocenters. The summed E-state index contributed by atoms with van der Waals surface area (Å²) in [5.74, 6) is 1.23. The third-order valence-electron chi connectivity index (χ3n) is 1.98. The van der Waals surface area contributed by atoms with Crippen LogP contribution in [0.25, 0.3) is 0 Å². The van der Waals surface area contributed by atoms with Gasteiger partial charge in [0.1, 0.15) is 0 Å². The van der Waals surface area contributed by atoms with Crippen molar-refractivity contribution in [2.24, 2.45) is 0 Å². The van der Waals surface area contributed by atoms with Crippen molar-refractivity contribution in [1.29, 1.82) is 0 Å². The molecule has 1 heteroatoms. The second-order valence-electron chi connectivity index (χ2n) is 3.68. The highest BCUT2D eigenvalue weighted by atomic mass is 14.7. The number of nitrogens with one attached hydrogen (secondary N) is 1. The first-order valence-electron chi connectivity index (χ1n) is 4.30. The molecule has 0 radical (unpaired) electrons. The van der Waals surface area contributed by atoms with Gasteiger partial charge in [-0.3, -0.25) is 0 Å². The average Bonchev–Trinajstić information content (AvgIpc) is 2.33. The van der Waals surface area contributed by atoms with E-state index in [0.717, 1.165) is 0 Å². The molecule has 0 atom stereocenters. The fourth-order valence-corrected chi connectivity index (χ4v) is 1.10. The van der Waals surface area contributed by atoms with Crippen molar-refractivity contribution >= 4 is 0 Å². The number of aromatic amines is 1. The molecule has 0 bridgehead atoms. The Morgan fingerprint density at radius 2 is 1.36 bits per heavy atom. The van der Waals surface area contributed by atoms with Crippen molar-refractivity contribution in [3.05, 3.63) is 23.5 Å². The molecular formula is C10H19N. The molecule has 1 N–H and O–H groups in total. The predicted molar refractivity (Wildman–Crippen MR) is 51.1 cm³/mol. The molecule has 64 valence electrons. The summed E-state index contributed by atoms with van der Waals surface area (Å²) in [6.07, 6.45) is 0. The molecule has 0 aliphatic carbocycles. The molecule has 0 aromatic carbocycles. The van der Waals surface area contributed by atoms with Gasteiger partial charge in [0.25, 0.3) is 0 Å². The van der Waals surface area contributed by atoms with Gasteiger partial charge >= 0.3 is 0 Å². The summed E-state index contributed by atoms with van der Waals surface area (Å²) in [5.41, 5.74) is 2.68. The maximum atomic E-state index is 3.41. The number of hydrogen-bond donors (Lipinski definition) is 1. The van der Waals surface area contributed by atoms with E-state index in [1.54, 1.807) is 0 Å². The van der Waals surface area contributed by atoms with Crippen molar-refractivity contribution in [2.45, 2.75) is 39.5 Å². The minimum absolute atomic E-state index is 0. The Hall–Kier alpha value is -0.720. The number of hydrogen-bond acceptors (Lipinski definition) is 0. The SMILES string of the molecule is CC(C)c1ccc(C(C)C)[nH]1.[HH]. The van der Waals surface area contributed by atoms with E-state index in [2.05, 4.69) is 44.8 Å². The molecule has 0 saturated heterocycles. The summed E-state index contributed by atoms with van der Waals surface area (Å²) >= 11 is 0. The van der Waals surface area contributed by atoms with E-state index in [9.17, 15) is 0 Å². The van der Waals surface area contributed by atoms with Crippen LogP contribution in [0.3, 0.4) is 0 Å². The van der Waals surface area contributed by atoms with E-state index in [1.807, 2.05) is 0 Å². The lowest BCUT2D eigenvalue weighted by atomic mass is 10.1. The highest BCUT2D eigenvalue weighted by Crippen LogP contribution is 2.18. The zero-order valence-corrected chi connectivity index (χ0v) is 7.81. The highest BCUT2D eigenvalue weighted by molar-refractivity contribution is 5.17. The van der Waals surface area contributed by atoms with Crippen LogP contribution in [0.1, 0.15) is 52.3 Å². The zero-order valence-electron chi connectivity index (χ0n) is 7.81. The largest absolute Gasteiger partial charge is 0.362 e. The first kappa shape index (κ1) is 8.38. The highest BCUT2D eigenvalue weighted by Gasteiger charge is 2.04. The Labute approximate surface area is 70.3 Å². The number of H-pyrrole nitrogens is 1. The maximum absolute atomic E-state index is 3.41. The van der Waals surface area contributed by atoms with Crippen LogP contribution in [0.2, 0.25) is 0 Å². The Balaban J connectivity index is 0.00000121. The van der Waals surface area contributed by atoms with Gasteiger partial charge < -0.3 is 4.98 Å². The molecular weight excluding hydrogens is 134 g/mol. The van der Waals surface area contributed by atoms with Crippen LogP contribution in [0.5, 0.6) is 0 Å². The van der Waals surface area contributed by atoms with Crippen LogP contribution < -0.4 is 0 Å². The average molecular weight is 153 g/mol. The van der Waals surface area contributed by atoms with Crippen LogP contribution in [0.4, 0.5) is 0 Å². The maximum Gasteiger partial charge on any atom is 0.0175 e. The van der Waals surface area contributed by atoms with Gasteiger partial charge in [-0.25, -0.2) is 0 Å². The molecule has 0 fully saturated rings. The number of aromatic nitrogens is 1. The molecule has 0 aliphatic heterocycles. The van der Waals surface area contributed by atoms with Crippen LogP contribution in [-0.2, 0) is 0 Å². The molecule has 1 aromatic rings. The molecule has 1 rings (SSSR count). The van der Waals surface area contributed by atoms with E-state index in [1.165, 1.54) is 11.4 Å². The van der Waals surface area contributed by atoms with Gasteiger partial charge in [-0.2, -0.15) is 0 Å². The van der Waals surface area contributed by atoms with Crippen molar-refractivity contribution in [2.75, 3.05) is 0 Å². The normalized spacial score (nSPS) is 11.5. The lowest BCUT2D eigenvalue weighted by Gasteiger charge is -2.02. The van der Waals surface area contributed by atoms with E-state index in [0.29, 0.717) is 11.8 Å². The second kappa shape index (κ2) is 3.12. The summed E-state index contributed by atoms with van der Waals surface area (Å²) in [4.78, 5) is 3.41. The minimum Gasteiger partial charge on any atom is -0.362 e. The lowest BCUT2D eigenvalue weighted by Crippen LogP contribution is -1.90. The molecule has 1 heterocycles. The summed E-state index contributed by atoms with van der Waals surface area (Å²) < 4.78 is 0. The summed E-state index contributed by atoms with van der Waals surface area (Å²) in [5, 5.41) is 0. The van der Waals surface area contributed by atoms with Gasteiger partial charge in [-0.15, -0.1) is 0 Å². The van der Waals surface area contributed by atoms with E-state index < -0.39 is 0 Å². The monoisotopic (exact) mass is 153 g/mol. The molecule has 0 amide bonds. The van der Waals surface area contributed by atoms with Crippen LogP contribution in [0, 0.1) is 0 Å². The smallest absolute Gasteiger partial charge is 0.0175 e. The number of rotatable bonds is 2. The molecule has 1 aromatic heterocycles. The molecule has 1 nitrogen and oxygen atoms in total. The van der Waals surface area contributed by atoms with Crippen molar-refractivity contribution in [3.63, 3.8) is 0 Å². The van der Waals surface area contributed by atoms with Gasteiger partial charge in [0, 0.05) is 12.8 Å². The van der Waals surface area contributed by atoms with Crippen molar-refractivity contribution < 1.29 is 1.43 Å². The third-order valence-corrected chi connectivity index (χ3v) is 1.98. The summed E-state index contributed by atoms with van der Waals surface area (Å²) in [6.45, 7) is 8.82. The van der Waals surface area contributed by atoms with Gasteiger partial charge in [-0.1, -0.05) is 27.7 Å². The topological polar surface area (TPSA) is 15.8 Å². The standard InChI is InChI=1S/C10H17N.H2/c1-7(2)9-5-6-10(11-9)8(3)4;/h5-8,11H,1-4H3;1H. The molecule has 0 saturated carbocycles. The fourth-order valence-electron chi connectivity index (χ4n) is 1.10. The van der Waals surface area contributed by atoms with Gasteiger partial charge in [0.05, 0.1) is 0 Å². The Morgan fingerprint density at radius 1 is 1.00 bits per heavy atom. The van der Waals surface area contributed by atoms with Crippen LogP contribution in [0.15, 0.2) is 12.1 Å². The summed E-state index contributed by atoms with van der Waals surface area (Å²) in [7, 11) is 0. The predicted octanol–water partition coefficient (Wildman–Crippen LogP) is 3.51. The second-order valence-corrected chi connectivity index (χ2v) is 3.68. The van der Waals surface area contributed by atoms with Gasteiger partial charge in [-0.05, 0) is 24.0 Å². The fraction of sp³-hybridized carbons (Fsp3) is 0.600. The van der Waals surface area contributed by atoms with E-state index in [4.69, 9.17) is 0 Å². The lowest BCUT2D eigenvalue weighted by molar-refractivity contribution is 0.787. The Bertz CT molecular complexity index is 203. The molecule has 0 aliphatic rings. The van der Waals surface area contributed by atoms with Gasteiger partial charge in [0.15, 0.2) is 0 Å². The first-order valence-corrected chi connectivity index (χ1v) is 4.30. The Morgan fingerprint density at radius 3 is 1.55 bits per heavy atom. The molecule has 11 heavy (non-hydrogen) atoms. The van der Waals surface area contributed by atoms with Crippen LogP contribution >= 0.6 is 0 Å². The van der Waals surface area contributed by atoms with Crippen molar-refractivity contribution in [3.8, 4) is 0 Å². The minimum atomic E-state index is 0. The van der Waals surface area contributed by atoms with Crippen LogP contribution in [-0.4, -0.2) is 4.98 Å². The van der Waals surface area contributed by atoms with Gasteiger partial charge in [0.2, 0.25) is 0 Å². The van der Waals surface area contributed by atoms with Crippen molar-refractivity contribution in [1.82, 2.24) is 4.98 Å².